The second kappa shape index (κ2) is 7.80. The third-order valence-electron chi connectivity index (χ3n) is 4.48. The van der Waals surface area contributed by atoms with Crippen molar-refractivity contribution in [2.24, 2.45) is 0 Å². The molecule has 0 aliphatic carbocycles. The van der Waals surface area contributed by atoms with Gasteiger partial charge < -0.3 is 0 Å². The number of rotatable bonds is 5. The molecule has 146 valence electrons. The highest BCUT2D eigenvalue weighted by molar-refractivity contribution is 6.33. The third-order valence-corrected chi connectivity index (χ3v) is 4.80. The van der Waals surface area contributed by atoms with Crippen molar-refractivity contribution >= 4 is 22.8 Å². The van der Waals surface area contributed by atoms with Gasteiger partial charge in [-0.05, 0) is 18.6 Å². The van der Waals surface area contributed by atoms with E-state index in [4.69, 9.17) is 18.0 Å². The zero-order chi connectivity index (χ0) is 20.5. The van der Waals surface area contributed by atoms with Crippen molar-refractivity contribution in [2.45, 2.75) is 45.3 Å². The van der Waals surface area contributed by atoms with Gasteiger partial charge in [-0.25, -0.2) is 15.0 Å². The Morgan fingerprint density at radius 1 is 1.25 bits per heavy atom. The summed E-state index contributed by atoms with van der Waals surface area (Å²) in [6, 6.07) is 2.97. The molecule has 28 heavy (non-hydrogen) atoms. The van der Waals surface area contributed by atoms with Crippen LogP contribution in [0.4, 0.5) is 13.2 Å². The fourth-order valence-electron chi connectivity index (χ4n) is 3.17. The molecule has 3 rings (SSSR count). The molecule has 0 saturated carbocycles. The lowest BCUT2D eigenvalue weighted by Crippen LogP contribution is -2.11. The average molecular weight is 407 g/mol. The monoisotopic (exact) mass is 406 g/mol. The number of terminal acetylenes is 1. The number of aryl methyl sites for hydroxylation is 1. The van der Waals surface area contributed by atoms with Crippen molar-refractivity contribution in [3.63, 3.8) is 0 Å². The molecule has 0 saturated heterocycles. The standard InChI is InChI=1S/C20H18ClF3N4/c1-4-7-13(5-2)28-16(6-3)27-18-17(25-11-26-19(18)28)14-9-8-12(10-15(14)21)20(22,23)24/h2,8-11,13H,4,6-7H2,1,3H3. The summed E-state index contributed by atoms with van der Waals surface area (Å²) < 4.78 is 40.7. The Kier molecular flexibility index (Phi) is 5.61. The molecule has 2 aromatic heterocycles. The molecule has 4 nitrogen and oxygen atoms in total. The van der Waals surface area contributed by atoms with Gasteiger partial charge in [-0.1, -0.05) is 43.9 Å². The number of alkyl halides is 3. The number of hydrogen-bond acceptors (Lipinski definition) is 3. The summed E-state index contributed by atoms with van der Waals surface area (Å²) in [5, 5.41) is -0.0514. The summed E-state index contributed by atoms with van der Waals surface area (Å²) in [5.74, 6) is 3.52. The van der Waals surface area contributed by atoms with Gasteiger partial charge in [-0.3, -0.25) is 4.57 Å². The molecule has 3 aromatic rings. The summed E-state index contributed by atoms with van der Waals surface area (Å²) in [7, 11) is 0. The van der Waals surface area contributed by atoms with Crippen molar-refractivity contribution in [1.29, 1.82) is 0 Å². The van der Waals surface area contributed by atoms with E-state index >= 15 is 0 Å². The van der Waals surface area contributed by atoms with Gasteiger partial charge >= 0.3 is 6.18 Å². The zero-order valence-corrected chi connectivity index (χ0v) is 16.1. The van der Waals surface area contributed by atoms with Crippen LogP contribution in [-0.2, 0) is 12.6 Å². The number of benzene rings is 1. The molecular formula is C20H18ClF3N4. The first-order chi connectivity index (χ1) is 13.3. The van der Waals surface area contributed by atoms with Crippen molar-refractivity contribution < 1.29 is 13.2 Å². The normalized spacial score (nSPS) is 12.9. The molecule has 0 N–H and O–H groups in total. The van der Waals surface area contributed by atoms with Crippen molar-refractivity contribution in [3.8, 4) is 23.6 Å². The zero-order valence-electron chi connectivity index (χ0n) is 15.4. The first kappa shape index (κ1) is 20.2. The molecule has 8 heteroatoms. The minimum Gasteiger partial charge on any atom is -0.298 e. The fourth-order valence-corrected chi connectivity index (χ4v) is 3.44. The Labute approximate surface area is 165 Å². The molecule has 0 bridgehead atoms. The van der Waals surface area contributed by atoms with Gasteiger partial charge in [0.2, 0.25) is 0 Å². The van der Waals surface area contributed by atoms with Crippen molar-refractivity contribution in [1.82, 2.24) is 19.5 Å². The molecule has 0 aliphatic rings. The predicted octanol–water partition coefficient (Wildman–Crippen LogP) is 5.70. The van der Waals surface area contributed by atoms with Crippen LogP contribution in [0.2, 0.25) is 5.02 Å². The van der Waals surface area contributed by atoms with E-state index in [2.05, 4.69) is 20.9 Å². The van der Waals surface area contributed by atoms with Crippen LogP contribution in [0, 0.1) is 12.3 Å². The molecule has 1 unspecified atom stereocenters. The lowest BCUT2D eigenvalue weighted by Gasteiger charge is -2.15. The van der Waals surface area contributed by atoms with E-state index in [0.29, 0.717) is 28.8 Å². The molecule has 1 atom stereocenters. The summed E-state index contributed by atoms with van der Waals surface area (Å²) in [6.07, 6.45) is 4.88. The third kappa shape index (κ3) is 3.57. The van der Waals surface area contributed by atoms with Gasteiger partial charge in [0.05, 0.1) is 16.6 Å². The van der Waals surface area contributed by atoms with E-state index in [0.717, 1.165) is 30.8 Å². The Hall–Kier alpha value is -2.59. The van der Waals surface area contributed by atoms with Crippen LogP contribution < -0.4 is 0 Å². The molecular weight excluding hydrogens is 389 g/mol. The van der Waals surface area contributed by atoms with Crippen LogP contribution in [0.5, 0.6) is 0 Å². The van der Waals surface area contributed by atoms with Crippen molar-refractivity contribution in [2.75, 3.05) is 0 Å². The van der Waals surface area contributed by atoms with E-state index in [1.54, 1.807) is 0 Å². The number of fused-ring (bicyclic) bond motifs is 1. The molecule has 1 aromatic carbocycles. The Bertz CT molecular complexity index is 1050. The summed E-state index contributed by atoms with van der Waals surface area (Å²) in [5.41, 5.74) is 0.944. The molecule has 0 amide bonds. The van der Waals surface area contributed by atoms with Crippen LogP contribution in [-0.4, -0.2) is 19.5 Å². The van der Waals surface area contributed by atoms with Crippen LogP contribution in [0.1, 0.15) is 44.1 Å². The highest BCUT2D eigenvalue weighted by atomic mass is 35.5. The fraction of sp³-hybridized carbons (Fsp3) is 0.350. The second-order valence-electron chi connectivity index (χ2n) is 6.31. The lowest BCUT2D eigenvalue weighted by molar-refractivity contribution is -0.137. The second-order valence-corrected chi connectivity index (χ2v) is 6.72. The topological polar surface area (TPSA) is 43.6 Å². The Balaban J connectivity index is 2.22. The molecule has 0 aliphatic heterocycles. The van der Waals surface area contributed by atoms with Crippen LogP contribution in [0.3, 0.4) is 0 Å². The first-order valence-corrected chi connectivity index (χ1v) is 9.24. The number of imidazole rings is 1. The average Bonchev–Trinajstić information content (AvgIpc) is 3.04. The highest BCUT2D eigenvalue weighted by Gasteiger charge is 2.31. The minimum atomic E-state index is -4.47. The Morgan fingerprint density at radius 3 is 2.57 bits per heavy atom. The lowest BCUT2D eigenvalue weighted by atomic mass is 10.1. The van der Waals surface area contributed by atoms with Gasteiger partial charge in [-0.15, -0.1) is 6.42 Å². The molecule has 0 radical (unpaired) electrons. The van der Waals surface area contributed by atoms with Gasteiger partial charge in [0, 0.05) is 12.0 Å². The van der Waals surface area contributed by atoms with E-state index in [1.807, 2.05) is 18.4 Å². The number of aromatic nitrogens is 4. The number of hydrogen-bond donors (Lipinski definition) is 0. The van der Waals surface area contributed by atoms with E-state index in [9.17, 15) is 13.2 Å². The van der Waals surface area contributed by atoms with E-state index in [1.165, 1.54) is 12.4 Å². The van der Waals surface area contributed by atoms with Crippen LogP contribution >= 0.6 is 11.6 Å². The first-order valence-electron chi connectivity index (χ1n) is 8.86. The molecule has 0 spiro atoms. The van der Waals surface area contributed by atoms with Gasteiger partial charge in [-0.2, -0.15) is 13.2 Å². The Morgan fingerprint density at radius 2 is 2.00 bits per heavy atom. The van der Waals surface area contributed by atoms with Gasteiger partial charge in [0.15, 0.2) is 5.65 Å². The minimum absolute atomic E-state index is 0.0514. The number of nitrogens with zero attached hydrogens (tertiary/aromatic N) is 4. The maximum absolute atomic E-state index is 12.9. The van der Waals surface area contributed by atoms with E-state index in [-0.39, 0.29) is 11.1 Å². The van der Waals surface area contributed by atoms with Crippen LogP contribution in [0.15, 0.2) is 24.5 Å². The highest BCUT2D eigenvalue weighted by Crippen LogP contribution is 2.37. The SMILES string of the molecule is C#CC(CCC)n1c(CC)nc2c(-c3ccc(C(F)(F)F)cc3Cl)ncnc21. The summed E-state index contributed by atoms with van der Waals surface area (Å²) in [4.78, 5) is 13.2. The van der Waals surface area contributed by atoms with E-state index < -0.39 is 11.7 Å². The van der Waals surface area contributed by atoms with Crippen LogP contribution in [0.25, 0.3) is 22.4 Å². The molecule has 0 fully saturated rings. The maximum Gasteiger partial charge on any atom is 0.416 e. The van der Waals surface area contributed by atoms with Gasteiger partial charge in [0.25, 0.3) is 0 Å². The maximum atomic E-state index is 12.9. The smallest absolute Gasteiger partial charge is 0.298 e. The van der Waals surface area contributed by atoms with Gasteiger partial charge in [0.1, 0.15) is 23.4 Å². The molecule has 2 heterocycles. The summed E-state index contributed by atoms with van der Waals surface area (Å²) in [6.45, 7) is 3.99. The number of halogens is 4. The largest absolute Gasteiger partial charge is 0.416 e. The summed E-state index contributed by atoms with van der Waals surface area (Å²) >= 11 is 6.16. The van der Waals surface area contributed by atoms with Crippen molar-refractivity contribution in [3.05, 3.63) is 40.9 Å². The quantitative estimate of drug-likeness (QED) is 0.510. The predicted molar refractivity (Wildman–Crippen MR) is 103 cm³/mol.